The fourth-order valence-electron chi connectivity index (χ4n) is 6.94. The van der Waals surface area contributed by atoms with Crippen molar-refractivity contribution in [3.05, 3.63) is 145 Å². The summed E-state index contributed by atoms with van der Waals surface area (Å²) in [6, 6.07) is 24.8. The molecule has 12 heteroatoms. The number of aliphatic hydroxyl groups is 1. The van der Waals surface area contributed by atoms with Crippen molar-refractivity contribution in [2.75, 3.05) is 0 Å². The molecule has 0 saturated heterocycles. The van der Waals surface area contributed by atoms with Gasteiger partial charge in [-0.3, -0.25) is 23.7 Å². The average molecular weight is 745 g/mol. The van der Waals surface area contributed by atoms with E-state index < -0.39 is 5.76 Å². The van der Waals surface area contributed by atoms with E-state index in [0.29, 0.717) is 30.7 Å². The number of aromatic amines is 2. The molecule has 0 radical (unpaired) electrons. The molecule has 286 valence electrons. The Hall–Kier alpha value is -5.88. The highest BCUT2D eigenvalue weighted by molar-refractivity contribution is 5.80. The molecule has 1 aliphatic carbocycles. The SMILES string of the molecule is CCCc1nc(CC)n(-c2ccc(OC3CCCC(O)C3)cc2)c(=O)c1Cc1ccc(-c2ccccc2-c2noc(=O)[nH]2)cc1.CCCc1nccc(=O)[nH]1. The standard InChI is InChI=1S/C36H38N4O5.C7H10N2O/c1-3-8-32-31(21-23-13-15-24(16-14-23)29-11-5-6-12-30(29)34-38-36(43)45-39-34)35(42)40(33(4-2)37-32)25-17-19-27(20-18-25)44-28-10-7-9-26(41)22-28;1-2-3-6-8-5-4-7(10)9-6/h5-6,11-20,26,28,41H,3-4,7-10,21-22H2,1-2H3,(H,38,39,43);4-5H,2-3H2,1H3,(H,8,9,10). The van der Waals surface area contributed by atoms with Crippen molar-refractivity contribution in [3.63, 3.8) is 0 Å². The zero-order chi connectivity index (χ0) is 38.7. The Balaban J connectivity index is 0.000000448. The number of ether oxygens (including phenoxy) is 1. The summed E-state index contributed by atoms with van der Waals surface area (Å²) in [5, 5.41) is 13.9. The van der Waals surface area contributed by atoms with Gasteiger partial charge in [-0.05, 0) is 73.1 Å². The van der Waals surface area contributed by atoms with Crippen LogP contribution < -0.4 is 21.6 Å². The minimum atomic E-state index is -0.601. The molecule has 2 atom stereocenters. The third kappa shape index (κ3) is 9.81. The second kappa shape index (κ2) is 18.4. The van der Waals surface area contributed by atoms with E-state index >= 15 is 0 Å². The molecule has 3 aromatic heterocycles. The van der Waals surface area contributed by atoms with Crippen LogP contribution in [0, 0.1) is 0 Å². The molecule has 12 nitrogen and oxygen atoms in total. The van der Waals surface area contributed by atoms with Crippen molar-refractivity contribution >= 4 is 0 Å². The van der Waals surface area contributed by atoms with Gasteiger partial charge < -0.3 is 14.8 Å². The van der Waals surface area contributed by atoms with E-state index in [2.05, 4.69) is 27.0 Å². The molecular formula is C43H48N6O6. The van der Waals surface area contributed by atoms with Crippen LogP contribution >= 0.6 is 0 Å². The minimum absolute atomic E-state index is 0.00124. The Bertz CT molecular complexity index is 2340. The predicted octanol–water partition coefficient (Wildman–Crippen LogP) is 6.75. The molecule has 7 rings (SSSR count). The van der Waals surface area contributed by atoms with Gasteiger partial charge in [-0.1, -0.05) is 80.9 Å². The number of hydrogen-bond donors (Lipinski definition) is 3. The van der Waals surface area contributed by atoms with Gasteiger partial charge in [0, 0.05) is 49.1 Å². The summed E-state index contributed by atoms with van der Waals surface area (Å²) in [6.45, 7) is 6.17. The second-order valence-electron chi connectivity index (χ2n) is 13.7. The first-order valence-electron chi connectivity index (χ1n) is 19.1. The smallest absolute Gasteiger partial charge is 0.439 e. The molecule has 0 aliphatic heterocycles. The molecule has 3 aromatic carbocycles. The highest BCUT2D eigenvalue weighted by Crippen LogP contribution is 2.30. The molecule has 3 heterocycles. The monoisotopic (exact) mass is 744 g/mol. The number of rotatable bonds is 12. The van der Waals surface area contributed by atoms with E-state index in [1.165, 1.54) is 12.3 Å². The molecular weight excluding hydrogens is 697 g/mol. The molecule has 3 N–H and O–H groups in total. The first kappa shape index (κ1) is 38.8. The van der Waals surface area contributed by atoms with Gasteiger partial charge in [-0.2, -0.15) is 0 Å². The van der Waals surface area contributed by atoms with Crippen LogP contribution in [0.2, 0.25) is 0 Å². The number of benzene rings is 3. The zero-order valence-electron chi connectivity index (χ0n) is 31.6. The van der Waals surface area contributed by atoms with E-state index in [0.717, 1.165) is 96.0 Å². The Kier molecular flexibility index (Phi) is 13.0. The lowest BCUT2D eigenvalue weighted by Crippen LogP contribution is -2.29. The number of aromatic nitrogens is 6. The maximum Gasteiger partial charge on any atom is 0.439 e. The van der Waals surface area contributed by atoms with Crippen molar-refractivity contribution in [1.82, 2.24) is 29.7 Å². The maximum absolute atomic E-state index is 14.2. The molecule has 2 unspecified atom stereocenters. The van der Waals surface area contributed by atoms with Crippen LogP contribution in [0.25, 0.3) is 28.2 Å². The number of nitrogens with one attached hydrogen (secondary N) is 2. The van der Waals surface area contributed by atoms with Crippen LogP contribution in [0.4, 0.5) is 0 Å². The van der Waals surface area contributed by atoms with E-state index in [1.54, 1.807) is 4.57 Å². The van der Waals surface area contributed by atoms with Crippen LogP contribution in [0.1, 0.15) is 87.8 Å². The Morgan fingerprint density at radius 1 is 0.873 bits per heavy atom. The zero-order valence-corrected chi connectivity index (χ0v) is 31.6. The third-order valence-electron chi connectivity index (χ3n) is 9.61. The first-order chi connectivity index (χ1) is 26.8. The number of aliphatic hydroxyl groups excluding tert-OH is 1. The number of aryl methyl sites for hydroxylation is 3. The lowest BCUT2D eigenvalue weighted by atomic mass is 9.95. The van der Waals surface area contributed by atoms with Crippen LogP contribution in [-0.4, -0.2) is 47.0 Å². The van der Waals surface area contributed by atoms with Crippen molar-refractivity contribution in [2.24, 2.45) is 0 Å². The highest BCUT2D eigenvalue weighted by atomic mass is 16.5. The van der Waals surface area contributed by atoms with Gasteiger partial charge in [0.2, 0.25) is 0 Å². The Morgan fingerprint density at radius 3 is 2.27 bits per heavy atom. The highest BCUT2D eigenvalue weighted by Gasteiger charge is 2.22. The summed E-state index contributed by atoms with van der Waals surface area (Å²) >= 11 is 0. The molecule has 1 aliphatic rings. The van der Waals surface area contributed by atoms with E-state index in [1.807, 2.05) is 86.6 Å². The van der Waals surface area contributed by atoms with Gasteiger partial charge in [-0.15, -0.1) is 0 Å². The third-order valence-corrected chi connectivity index (χ3v) is 9.61. The predicted molar refractivity (Wildman–Crippen MR) is 212 cm³/mol. The fourth-order valence-corrected chi connectivity index (χ4v) is 6.94. The Labute approximate surface area is 319 Å². The fraction of sp³-hybridized carbons (Fsp3) is 0.349. The summed E-state index contributed by atoms with van der Waals surface area (Å²) < 4.78 is 12.6. The number of H-pyrrole nitrogens is 2. The van der Waals surface area contributed by atoms with Crippen LogP contribution in [0.15, 0.2) is 104 Å². The summed E-state index contributed by atoms with van der Waals surface area (Å²) in [5.74, 6) is 2.01. The largest absolute Gasteiger partial charge is 0.490 e. The first-order valence-corrected chi connectivity index (χ1v) is 19.1. The van der Waals surface area contributed by atoms with Gasteiger partial charge in [0.15, 0.2) is 5.82 Å². The van der Waals surface area contributed by atoms with Crippen molar-refractivity contribution < 1.29 is 14.4 Å². The van der Waals surface area contributed by atoms with Crippen molar-refractivity contribution in [2.45, 2.75) is 97.2 Å². The molecule has 0 amide bonds. The minimum Gasteiger partial charge on any atom is -0.490 e. The summed E-state index contributed by atoms with van der Waals surface area (Å²) in [6.07, 6.45) is 9.11. The van der Waals surface area contributed by atoms with Crippen LogP contribution in [0.3, 0.4) is 0 Å². The van der Waals surface area contributed by atoms with Gasteiger partial charge in [-0.25, -0.2) is 14.8 Å². The summed E-state index contributed by atoms with van der Waals surface area (Å²) in [7, 11) is 0. The topological polar surface area (TPSA) is 169 Å². The van der Waals surface area contributed by atoms with Crippen LogP contribution in [0.5, 0.6) is 5.75 Å². The summed E-state index contributed by atoms with van der Waals surface area (Å²) in [5.41, 5.74) is 5.78. The molecule has 55 heavy (non-hydrogen) atoms. The van der Waals surface area contributed by atoms with E-state index in [4.69, 9.17) is 14.2 Å². The van der Waals surface area contributed by atoms with E-state index in [-0.39, 0.29) is 23.3 Å². The summed E-state index contributed by atoms with van der Waals surface area (Å²) in [4.78, 5) is 50.7. The normalized spacial score (nSPS) is 15.3. The van der Waals surface area contributed by atoms with Gasteiger partial charge in [0.1, 0.15) is 23.5 Å². The molecule has 1 saturated carbocycles. The van der Waals surface area contributed by atoms with Gasteiger partial charge >= 0.3 is 5.76 Å². The molecule has 0 bridgehead atoms. The molecule has 6 aromatic rings. The lowest BCUT2D eigenvalue weighted by molar-refractivity contribution is 0.0536. The van der Waals surface area contributed by atoms with Crippen molar-refractivity contribution in [1.29, 1.82) is 0 Å². The number of hydrogen-bond acceptors (Lipinski definition) is 9. The second-order valence-corrected chi connectivity index (χ2v) is 13.7. The van der Waals surface area contributed by atoms with Gasteiger partial charge in [0.25, 0.3) is 11.1 Å². The van der Waals surface area contributed by atoms with Crippen LogP contribution in [-0.2, 0) is 25.7 Å². The maximum atomic E-state index is 14.2. The van der Waals surface area contributed by atoms with Crippen molar-refractivity contribution in [3.8, 4) is 34.0 Å². The quantitative estimate of drug-likeness (QED) is 0.123. The number of nitrogens with zero attached hydrogens (tertiary/aromatic N) is 4. The lowest BCUT2D eigenvalue weighted by Gasteiger charge is -2.26. The average Bonchev–Trinajstić information content (AvgIpc) is 3.63. The van der Waals surface area contributed by atoms with Gasteiger partial charge in [0.05, 0.1) is 17.5 Å². The molecule has 0 spiro atoms. The molecule has 1 fully saturated rings. The van der Waals surface area contributed by atoms with E-state index in [9.17, 15) is 19.5 Å². The Morgan fingerprint density at radius 2 is 1.62 bits per heavy atom.